The molecule has 9 heteroatoms. The number of piperazine rings is 1. The number of carbonyl (C=O) groups is 1. The number of ether oxygens (including phenoxy) is 1. The average molecular weight is 472 g/mol. The summed E-state index contributed by atoms with van der Waals surface area (Å²) in [6, 6.07) is 18.5. The summed E-state index contributed by atoms with van der Waals surface area (Å²) in [6.07, 6.45) is 0. The van der Waals surface area contributed by atoms with Crippen LogP contribution in [0.4, 0.5) is 4.39 Å². The molecule has 0 spiro atoms. The van der Waals surface area contributed by atoms with Crippen molar-refractivity contribution in [1.29, 1.82) is 0 Å². The van der Waals surface area contributed by atoms with Gasteiger partial charge in [0.1, 0.15) is 11.6 Å². The fourth-order valence-electron chi connectivity index (χ4n) is 3.76. The second-order valence-electron chi connectivity index (χ2n) is 7.85. The first-order chi connectivity index (χ1) is 15.9. The quantitative estimate of drug-likeness (QED) is 0.546. The first-order valence-electron chi connectivity index (χ1n) is 10.8. The Morgan fingerprint density at radius 2 is 1.64 bits per heavy atom. The Morgan fingerprint density at radius 3 is 2.36 bits per heavy atom. The smallest absolute Gasteiger partial charge is 0.257 e. The van der Waals surface area contributed by atoms with E-state index in [1.165, 1.54) is 16.4 Å². The SMILES string of the molecule is O=C(COc1ccc2ccccc2c1)NCCN1CCN(S(=O)(=O)c2ccc(F)cc2)CC1. The fourth-order valence-corrected chi connectivity index (χ4v) is 5.18. The summed E-state index contributed by atoms with van der Waals surface area (Å²) >= 11 is 0. The van der Waals surface area contributed by atoms with Gasteiger partial charge >= 0.3 is 0 Å². The molecule has 1 heterocycles. The van der Waals surface area contributed by atoms with Crippen molar-refractivity contribution in [3.63, 3.8) is 0 Å². The van der Waals surface area contributed by atoms with Crippen LogP contribution in [0.1, 0.15) is 0 Å². The third kappa shape index (κ3) is 5.87. The normalized spacial score (nSPS) is 15.4. The van der Waals surface area contributed by atoms with Crippen LogP contribution in [0.15, 0.2) is 71.6 Å². The molecular weight excluding hydrogens is 445 g/mol. The number of hydrogen-bond donors (Lipinski definition) is 1. The van der Waals surface area contributed by atoms with Gasteiger partial charge in [-0.3, -0.25) is 9.69 Å². The third-order valence-corrected chi connectivity index (χ3v) is 7.54. The molecule has 1 fully saturated rings. The van der Waals surface area contributed by atoms with Crippen LogP contribution in [0.25, 0.3) is 10.8 Å². The maximum absolute atomic E-state index is 13.1. The lowest BCUT2D eigenvalue weighted by molar-refractivity contribution is -0.123. The van der Waals surface area contributed by atoms with Crippen molar-refractivity contribution in [2.75, 3.05) is 45.9 Å². The van der Waals surface area contributed by atoms with Crippen LogP contribution in [-0.4, -0.2) is 69.4 Å². The van der Waals surface area contributed by atoms with E-state index in [-0.39, 0.29) is 17.4 Å². The van der Waals surface area contributed by atoms with Gasteiger partial charge < -0.3 is 10.1 Å². The zero-order valence-electron chi connectivity index (χ0n) is 18.1. The number of sulfonamides is 1. The predicted molar refractivity (Wildman–Crippen MR) is 124 cm³/mol. The Kier molecular flexibility index (Phi) is 7.22. The van der Waals surface area contributed by atoms with Crippen LogP contribution >= 0.6 is 0 Å². The number of nitrogens with one attached hydrogen (secondary N) is 1. The van der Waals surface area contributed by atoms with Crippen molar-refractivity contribution in [2.24, 2.45) is 0 Å². The highest BCUT2D eigenvalue weighted by atomic mass is 32.2. The van der Waals surface area contributed by atoms with Crippen LogP contribution in [0, 0.1) is 5.82 Å². The first-order valence-corrected chi connectivity index (χ1v) is 12.2. The minimum atomic E-state index is -3.63. The zero-order valence-corrected chi connectivity index (χ0v) is 18.9. The Hall–Kier alpha value is -3.01. The molecule has 3 aromatic rings. The van der Waals surface area contributed by atoms with Gasteiger partial charge in [0.15, 0.2) is 6.61 Å². The molecular formula is C24H26FN3O4S. The van der Waals surface area contributed by atoms with Crippen LogP contribution in [0.2, 0.25) is 0 Å². The highest BCUT2D eigenvalue weighted by molar-refractivity contribution is 7.89. The Bertz CT molecular complexity index is 1210. The molecule has 1 amide bonds. The molecule has 0 radical (unpaired) electrons. The minimum absolute atomic E-state index is 0.0674. The summed E-state index contributed by atoms with van der Waals surface area (Å²) in [5.74, 6) is -0.0357. The van der Waals surface area contributed by atoms with Crippen molar-refractivity contribution in [3.05, 3.63) is 72.5 Å². The molecule has 0 saturated carbocycles. The molecule has 0 aromatic heterocycles. The summed E-state index contributed by atoms with van der Waals surface area (Å²) in [5, 5.41) is 5.00. The van der Waals surface area contributed by atoms with E-state index < -0.39 is 15.8 Å². The topological polar surface area (TPSA) is 79.0 Å². The first kappa shape index (κ1) is 23.2. The van der Waals surface area contributed by atoms with Crippen molar-refractivity contribution in [1.82, 2.24) is 14.5 Å². The third-order valence-electron chi connectivity index (χ3n) is 5.62. The van der Waals surface area contributed by atoms with Crippen LogP contribution < -0.4 is 10.1 Å². The highest BCUT2D eigenvalue weighted by Gasteiger charge is 2.28. The van der Waals surface area contributed by atoms with Gasteiger partial charge in [0.25, 0.3) is 5.91 Å². The summed E-state index contributed by atoms with van der Waals surface area (Å²) in [4.78, 5) is 14.3. The highest BCUT2D eigenvalue weighted by Crippen LogP contribution is 2.20. The molecule has 33 heavy (non-hydrogen) atoms. The molecule has 0 bridgehead atoms. The molecule has 0 unspecified atom stereocenters. The number of amides is 1. The van der Waals surface area contributed by atoms with Gasteiger partial charge in [0.05, 0.1) is 4.90 Å². The van der Waals surface area contributed by atoms with Gasteiger partial charge in [-0.05, 0) is 47.2 Å². The number of hydrogen-bond acceptors (Lipinski definition) is 5. The minimum Gasteiger partial charge on any atom is -0.484 e. The summed E-state index contributed by atoms with van der Waals surface area (Å²) in [7, 11) is -3.63. The van der Waals surface area contributed by atoms with Crippen LogP contribution in [0.5, 0.6) is 5.75 Å². The lowest BCUT2D eigenvalue weighted by atomic mass is 10.1. The van der Waals surface area contributed by atoms with Crippen LogP contribution in [-0.2, 0) is 14.8 Å². The largest absolute Gasteiger partial charge is 0.484 e. The summed E-state index contributed by atoms with van der Waals surface area (Å²) < 4.78 is 45.5. The van der Waals surface area contributed by atoms with Gasteiger partial charge in [0.2, 0.25) is 10.0 Å². The Labute approximate surface area is 192 Å². The van der Waals surface area contributed by atoms with E-state index in [0.717, 1.165) is 22.9 Å². The maximum Gasteiger partial charge on any atom is 0.257 e. The number of halogens is 1. The van der Waals surface area contributed by atoms with Crippen molar-refractivity contribution >= 4 is 26.7 Å². The maximum atomic E-state index is 13.1. The zero-order chi connectivity index (χ0) is 23.3. The van der Waals surface area contributed by atoms with Gasteiger partial charge in [-0.25, -0.2) is 12.8 Å². The van der Waals surface area contributed by atoms with Gasteiger partial charge in [-0.2, -0.15) is 4.31 Å². The number of carbonyl (C=O) groups excluding carboxylic acids is 1. The van der Waals surface area contributed by atoms with E-state index in [1.807, 2.05) is 42.5 Å². The Morgan fingerprint density at radius 1 is 0.939 bits per heavy atom. The average Bonchev–Trinajstić information content (AvgIpc) is 2.83. The molecule has 0 aliphatic carbocycles. The van der Waals surface area contributed by atoms with Gasteiger partial charge in [-0.1, -0.05) is 30.3 Å². The molecule has 174 valence electrons. The summed E-state index contributed by atoms with van der Waals surface area (Å²) in [6.45, 7) is 2.81. The molecule has 1 saturated heterocycles. The van der Waals surface area contributed by atoms with Gasteiger partial charge in [0, 0.05) is 39.3 Å². The van der Waals surface area contributed by atoms with E-state index in [4.69, 9.17) is 4.74 Å². The lowest BCUT2D eigenvalue weighted by Crippen LogP contribution is -2.50. The molecule has 0 atom stereocenters. The molecule has 7 nitrogen and oxygen atoms in total. The number of nitrogens with zero attached hydrogens (tertiary/aromatic N) is 2. The lowest BCUT2D eigenvalue weighted by Gasteiger charge is -2.33. The van der Waals surface area contributed by atoms with E-state index in [9.17, 15) is 17.6 Å². The van der Waals surface area contributed by atoms with Crippen molar-refractivity contribution in [3.8, 4) is 5.75 Å². The number of fused-ring (bicyclic) bond motifs is 1. The Balaban J connectivity index is 1.17. The predicted octanol–water partition coefficient (Wildman–Crippen LogP) is 2.48. The summed E-state index contributed by atoms with van der Waals surface area (Å²) in [5.41, 5.74) is 0. The van der Waals surface area contributed by atoms with E-state index >= 15 is 0 Å². The molecule has 4 rings (SSSR count). The second kappa shape index (κ2) is 10.3. The van der Waals surface area contributed by atoms with E-state index in [2.05, 4.69) is 10.2 Å². The van der Waals surface area contributed by atoms with Gasteiger partial charge in [-0.15, -0.1) is 0 Å². The number of benzene rings is 3. The van der Waals surface area contributed by atoms with Crippen LogP contribution in [0.3, 0.4) is 0 Å². The van der Waals surface area contributed by atoms with E-state index in [1.54, 1.807) is 0 Å². The standard InChI is InChI=1S/C24H26FN3O4S/c25-21-6-9-23(10-7-21)33(30,31)28-15-13-27(14-16-28)12-11-26-24(29)18-32-22-8-5-19-3-1-2-4-20(19)17-22/h1-10,17H,11-16,18H2,(H,26,29). The van der Waals surface area contributed by atoms with Crippen molar-refractivity contribution in [2.45, 2.75) is 4.90 Å². The fraction of sp³-hybridized carbons (Fsp3) is 0.292. The molecule has 1 aliphatic heterocycles. The molecule has 1 N–H and O–H groups in total. The second-order valence-corrected chi connectivity index (χ2v) is 9.79. The number of rotatable bonds is 8. The molecule has 1 aliphatic rings. The van der Waals surface area contributed by atoms with Crippen molar-refractivity contribution < 1.29 is 22.3 Å². The monoisotopic (exact) mass is 471 g/mol. The van der Waals surface area contributed by atoms with E-state index in [0.29, 0.717) is 45.0 Å². The molecule has 3 aromatic carbocycles.